The van der Waals surface area contributed by atoms with Crippen LogP contribution in [0.25, 0.3) is 0 Å². The Morgan fingerprint density at radius 2 is 1.83 bits per heavy atom. The molecular weight excluding hydrogens is 384 g/mol. The number of aliphatic hydroxyl groups excluding tert-OH is 1. The molecule has 2 unspecified atom stereocenters. The molecule has 1 fully saturated rings. The van der Waals surface area contributed by atoms with Gasteiger partial charge < -0.3 is 26.0 Å². The van der Waals surface area contributed by atoms with Crippen molar-refractivity contribution in [1.29, 1.82) is 0 Å². The minimum atomic E-state index is -0.692. The summed E-state index contributed by atoms with van der Waals surface area (Å²) >= 11 is 0. The molecule has 0 radical (unpaired) electrons. The second kappa shape index (κ2) is 13.0. The summed E-state index contributed by atoms with van der Waals surface area (Å²) in [5, 5.41) is 18.1. The highest BCUT2D eigenvalue weighted by molar-refractivity contribution is 5.89. The van der Waals surface area contributed by atoms with Gasteiger partial charge in [0.15, 0.2) is 5.78 Å². The lowest BCUT2D eigenvalue weighted by Gasteiger charge is -2.27. The first-order valence-electron chi connectivity index (χ1n) is 10.7. The summed E-state index contributed by atoms with van der Waals surface area (Å²) in [5.74, 6) is -0.529. The first-order valence-corrected chi connectivity index (χ1v) is 10.7. The van der Waals surface area contributed by atoms with Crippen LogP contribution in [0.1, 0.15) is 31.7 Å². The van der Waals surface area contributed by atoms with Crippen LogP contribution >= 0.6 is 0 Å². The van der Waals surface area contributed by atoms with Crippen LogP contribution in [0.2, 0.25) is 0 Å². The van der Waals surface area contributed by atoms with Crippen molar-refractivity contribution in [3.05, 3.63) is 35.9 Å². The number of hydrogen-bond donors (Lipinski definition) is 4. The molecule has 1 saturated heterocycles. The maximum absolute atomic E-state index is 12.4. The number of amides is 3. The van der Waals surface area contributed by atoms with Crippen LogP contribution in [0.4, 0.5) is 4.79 Å². The predicted octanol–water partition coefficient (Wildman–Crippen LogP) is 0.697. The number of nitrogens with one attached hydrogen (secondary N) is 3. The zero-order valence-corrected chi connectivity index (χ0v) is 17.7. The van der Waals surface area contributed by atoms with E-state index < -0.39 is 12.6 Å². The Bertz CT molecular complexity index is 677. The van der Waals surface area contributed by atoms with Gasteiger partial charge in [-0.2, -0.15) is 0 Å². The number of aryl methyl sites for hydroxylation is 1. The zero-order valence-electron chi connectivity index (χ0n) is 17.7. The zero-order chi connectivity index (χ0) is 21.8. The third kappa shape index (κ3) is 8.51. The van der Waals surface area contributed by atoms with Gasteiger partial charge in [-0.1, -0.05) is 37.3 Å². The van der Waals surface area contributed by atoms with Gasteiger partial charge in [-0.3, -0.25) is 9.59 Å². The molecule has 1 heterocycles. The summed E-state index contributed by atoms with van der Waals surface area (Å²) < 4.78 is 0. The first-order chi connectivity index (χ1) is 14.5. The van der Waals surface area contributed by atoms with Crippen LogP contribution in [-0.4, -0.2) is 73.1 Å². The molecule has 4 N–H and O–H groups in total. The van der Waals surface area contributed by atoms with E-state index in [0.29, 0.717) is 38.9 Å². The third-order valence-electron chi connectivity index (χ3n) is 5.30. The van der Waals surface area contributed by atoms with Gasteiger partial charge in [0.05, 0.1) is 6.04 Å². The van der Waals surface area contributed by atoms with E-state index in [1.807, 2.05) is 37.3 Å². The minimum absolute atomic E-state index is 0.0623. The Morgan fingerprint density at radius 3 is 2.50 bits per heavy atom. The number of nitrogens with zero attached hydrogens (tertiary/aromatic N) is 1. The molecule has 0 aromatic heterocycles. The van der Waals surface area contributed by atoms with Crippen LogP contribution in [0.5, 0.6) is 0 Å². The van der Waals surface area contributed by atoms with Crippen LogP contribution in [-0.2, 0) is 16.0 Å². The second-order valence-electron chi connectivity index (χ2n) is 7.84. The molecule has 2 atom stereocenters. The minimum Gasteiger partial charge on any atom is -0.389 e. The highest BCUT2D eigenvalue weighted by Gasteiger charge is 2.21. The average Bonchev–Trinajstić information content (AvgIpc) is 2.77. The molecule has 3 amide bonds. The number of carbonyl (C=O) groups excluding carboxylic acids is 3. The fraction of sp³-hybridized carbons (Fsp3) is 0.591. The van der Waals surface area contributed by atoms with E-state index in [9.17, 15) is 19.5 Å². The molecule has 0 spiro atoms. The molecule has 1 aliphatic rings. The van der Waals surface area contributed by atoms with E-state index in [1.165, 1.54) is 0 Å². The van der Waals surface area contributed by atoms with E-state index in [0.717, 1.165) is 18.7 Å². The van der Waals surface area contributed by atoms with E-state index >= 15 is 0 Å². The average molecular weight is 419 g/mol. The standard InChI is InChI=1S/C22H34N4O4/c1-17(9-10-24-22(30)26-13-11-23-12-14-26)15-21(29)25-19(20(28)16-27)8-7-18-5-3-2-4-6-18/h2-6,17,19,23,27H,7-16H2,1H3,(H,24,30)(H,25,29). The van der Waals surface area contributed by atoms with Crippen molar-refractivity contribution < 1.29 is 19.5 Å². The van der Waals surface area contributed by atoms with Crippen molar-refractivity contribution in [2.45, 2.75) is 38.6 Å². The SMILES string of the molecule is CC(CCNC(=O)N1CCNCC1)CC(=O)NC(CCc1ccccc1)C(=O)CO. The summed E-state index contributed by atoms with van der Waals surface area (Å²) in [6.45, 7) is 4.88. The molecule has 0 aliphatic carbocycles. The maximum atomic E-state index is 12.4. The molecule has 2 rings (SSSR count). The van der Waals surface area contributed by atoms with Crippen molar-refractivity contribution in [1.82, 2.24) is 20.9 Å². The van der Waals surface area contributed by atoms with Gasteiger partial charge in [0, 0.05) is 39.1 Å². The number of carbonyl (C=O) groups is 3. The second-order valence-corrected chi connectivity index (χ2v) is 7.84. The lowest BCUT2D eigenvalue weighted by Crippen LogP contribution is -2.50. The summed E-state index contributed by atoms with van der Waals surface area (Å²) in [6.07, 6.45) is 2.04. The lowest BCUT2D eigenvalue weighted by molar-refractivity contribution is -0.129. The molecule has 0 bridgehead atoms. The van der Waals surface area contributed by atoms with Crippen molar-refractivity contribution in [2.24, 2.45) is 5.92 Å². The highest BCUT2D eigenvalue weighted by atomic mass is 16.3. The molecule has 8 heteroatoms. The number of ketones is 1. The number of hydrogen-bond acceptors (Lipinski definition) is 5. The van der Waals surface area contributed by atoms with Gasteiger partial charge in [-0.25, -0.2) is 4.79 Å². The fourth-order valence-electron chi connectivity index (χ4n) is 3.46. The van der Waals surface area contributed by atoms with E-state index in [2.05, 4.69) is 16.0 Å². The summed E-state index contributed by atoms with van der Waals surface area (Å²) in [4.78, 5) is 38.3. The smallest absolute Gasteiger partial charge is 0.317 e. The number of piperazine rings is 1. The molecule has 1 aliphatic heterocycles. The maximum Gasteiger partial charge on any atom is 0.317 e. The Hall–Kier alpha value is -2.45. The summed E-state index contributed by atoms with van der Waals surface area (Å²) in [5.41, 5.74) is 1.08. The lowest BCUT2D eigenvalue weighted by atomic mass is 10.0. The summed E-state index contributed by atoms with van der Waals surface area (Å²) in [7, 11) is 0. The van der Waals surface area contributed by atoms with E-state index in [4.69, 9.17) is 0 Å². The monoisotopic (exact) mass is 418 g/mol. The molecule has 8 nitrogen and oxygen atoms in total. The first kappa shape index (κ1) is 23.8. The van der Waals surface area contributed by atoms with Gasteiger partial charge in [-0.05, 0) is 30.7 Å². The molecule has 1 aromatic rings. The Morgan fingerprint density at radius 1 is 1.13 bits per heavy atom. The van der Waals surface area contributed by atoms with E-state index in [-0.39, 0.29) is 30.1 Å². The molecule has 1 aromatic carbocycles. The van der Waals surface area contributed by atoms with Gasteiger partial charge in [-0.15, -0.1) is 0 Å². The number of benzene rings is 1. The van der Waals surface area contributed by atoms with Crippen molar-refractivity contribution in [3.63, 3.8) is 0 Å². The van der Waals surface area contributed by atoms with Crippen molar-refractivity contribution in [2.75, 3.05) is 39.3 Å². The number of urea groups is 1. The third-order valence-corrected chi connectivity index (χ3v) is 5.30. The Kier molecular flexibility index (Phi) is 10.3. The van der Waals surface area contributed by atoms with Crippen LogP contribution in [0, 0.1) is 5.92 Å². The molecule has 0 saturated carbocycles. The Balaban J connectivity index is 1.71. The predicted molar refractivity (Wildman–Crippen MR) is 115 cm³/mol. The van der Waals surface area contributed by atoms with Crippen molar-refractivity contribution in [3.8, 4) is 0 Å². The highest BCUT2D eigenvalue weighted by Crippen LogP contribution is 2.09. The summed E-state index contributed by atoms with van der Waals surface area (Å²) in [6, 6.07) is 8.97. The van der Waals surface area contributed by atoms with Gasteiger partial charge >= 0.3 is 6.03 Å². The van der Waals surface area contributed by atoms with E-state index in [1.54, 1.807) is 4.90 Å². The van der Waals surface area contributed by atoms with Crippen LogP contribution in [0.3, 0.4) is 0 Å². The molecular formula is C22H34N4O4. The number of aliphatic hydroxyl groups is 1. The topological polar surface area (TPSA) is 111 Å². The molecule has 30 heavy (non-hydrogen) atoms. The normalized spacial score (nSPS) is 15.9. The molecule has 166 valence electrons. The van der Waals surface area contributed by atoms with Gasteiger partial charge in [0.2, 0.25) is 5.91 Å². The van der Waals surface area contributed by atoms with Crippen LogP contribution in [0.15, 0.2) is 30.3 Å². The Labute approximate surface area is 178 Å². The van der Waals surface area contributed by atoms with Crippen molar-refractivity contribution >= 4 is 17.7 Å². The van der Waals surface area contributed by atoms with Gasteiger partial charge in [0.1, 0.15) is 6.61 Å². The largest absolute Gasteiger partial charge is 0.389 e. The van der Waals surface area contributed by atoms with Crippen LogP contribution < -0.4 is 16.0 Å². The quantitative estimate of drug-likeness (QED) is 0.423. The van der Waals surface area contributed by atoms with Gasteiger partial charge in [0.25, 0.3) is 0 Å². The number of Topliss-reactive ketones (excluding diaryl/α,β-unsaturated/α-hetero) is 1. The fourth-order valence-corrected chi connectivity index (χ4v) is 3.46. The number of rotatable bonds is 11.